The van der Waals surface area contributed by atoms with Crippen LogP contribution in [-0.2, 0) is 0 Å². The van der Waals surface area contributed by atoms with E-state index in [1.807, 2.05) is 0 Å². The Bertz CT molecular complexity index is 860. The van der Waals surface area contributed by atoms with E-state index < -0.39 is 5.82 Å². The predicted molar refractivity (Wildman–Crippen MR) is 77.9 cm³/mol. The van der Waals surface area contributed by atoms with Crippen LogP contribution in [0.25, 0.3) is 22.4 Å². The molecule has 0 aliphatic carbocycles. The zero-order chi connectivity index (χ0) is 14.8. The first-order valence-corrected chi connectivity index (χ1v) is 6.21. The number of nitrogens with zero attached hydrogens (tertiary/aromatic N) is 2. The van der Waals surface area contributed by atoms with Crippen LogP contribution in [0.3, 0.4) is 0 Å². The van der Waals surface area contributed by atoms with Crippen molar-refractivity contribution in [2.45, 2.75) is 0 Å². The number of aromatic amines is 1. The van der Waals surface area contributed by atoms with Gasteiger partial charge in [0, 0.05) is 17.3 Å². The average Bonchev–Trinajstić information content (AvgIpc) is 2.50. The number of nitrogens with two attached hydrogens (primary N) is 1. The minimum atomic E-state index is -0.566. The third kappa shape index (κ3) is 2.51. The molecule has 0 bridgehead atoms. The maximum absolute atomic E-state index is 13.8. The molecule has 3 N–H and O–H groups in total. The second-order valence-corrected chi connectivity index (χ2v) is 4.42. The molecule has 0 atom stereocenters. The van der Waals surface area contributed by atoms with Gasteiger partial charge in [-0.2, -0.15) is 0 Å². The van der Waals surface area contributed by atoms with Gasteiger partial charge in [-0.1, -0.05) is 18.2 Å². The lowest BCUT2D eigenvalue weighted by atomic mass is 10.0. The van der Waals surface area contributed by atoms with Crippen LogP contribution >= 0.6 is 0 Å². The highest BCUT2D eigenvalue weighted by Crippen LogP contribution is 2.25. The number of hydrogen-bond donors (Lipinski definition) is 2. The third-order valence-electron chi connectivity index (χ3n) is 3.03. The lowest BCUT2D eigenvalue weighted by Crippen LogP contribution is -2.07. The van der Waals surface area contributed by atoms with E-state index in [2.05, 4.69) is 15.0 Å². The summed E-state index contributed by atoms with van der Waals surface area (Å²) in [6.45, 7) is 0. The summed E-state index contributed by atoms with van der Waals surface area (Å²) in [6.07, 6.45) is 2.58. The van der Waals surface area contributed by atoms with Crippen LogP contribution in [-0.4, -0.2) is 15.0 Å². The molecule has 0 aliphatic heterocycles. The van der Waals surface area contributed by atoms with E-state index >= 15 is 0 Å². The van der Waals surface area contributed by atoms with Gasteiger partial charge in [-0.25, -0.2) is 14.4 Å². The molecule has 0 spiro atoms. The molecule has 0 amide bonds. The SMILES string of the molecule is Nc1ncc(F)c(-c2cccc(-c3ccc[nH]c3=O)c2)n1. The van der Waals surface area contributed by atoms with Crippen LogP contribution < -0.4 is 11.3 Å². The number of pyridine rings is 1. The van der Waals surface area contributed by atoms with Crippen LogP contribution in [0.1, 0.15) is 0 Å². The summed E-state index contributed by atoms with van der Waals surface area (Å²) in [7, 11) is 0. The van der Waals surface area contributed by atoms with Crippen molar-refractivity contribution >= 4 is 5.95 Å². The lowest BCUT2D eigenvalue weighted by Gasteiger charge is -2.06. The molecule has 104 valence electrons. The highest BCUT2D eigenvalue weighted by atomic mass is 19.1. The lowest BCUT2D eigenvalue weighted by molar-refractivity contribution is 0.619. The van der Waals surface area contributed by atoms with Crippen molar-refractivity contribution < 1.29 is 4.39 Å². The molecule has 0 aliphatic rings. The van der Waals surface area contributed by atoms with E-state index in [4.69, 9.17) is 5.73 Å². The first-order valence-electron chi connectivity index (χ1n) is 6.21. The van der Waals surface area contributed by atoms with Gasteiger partial charge in [0.15, 0.2) is 5.82 Å². The first-order chi connectivity index (χ1) is 10.1. The summed E-state index contributed by atoms with van der Waals surface area (Å²) in [5, 5.41) is 0. The van der Waals surface area contributed by atoms with E-state index in [0.29, 0.717) is 16.7 Å². The van der Waals surface area contributed by atoms with Gasteiger partial charge in [0.25, 0.3) is 5.56 Å². The number of anilines is 1. The summed E-state index contributed by atoms with van der Waals surface area (Å²) >= 11 is 0. The first kappa shape index (κ1) is 13.0. The topological polar surface area (TPSA) is 84.7 Å². The van der Waals surface area contributed by atoms with Crippen molar-refractivity contribution in [2.24, 2.45) is 0 Å². The number of rotatable bonds is 2. The predicted octanol–water partition coefficient (Wildman–Crippen LogP) is 2.22. The molecule has 21 heavy (non-hydrogen) atoms. The molecular formula is C15H11FN4O. The zero-order valence-electron chi connectivity index (χ0n) is 10.9. The number of nitrogens with one attached hydrogen (secondary N) is 1. The maximum atomic E-state index is 13.8. The van der Waals surface area contributed by atoms with Crippen LogP contribution in [0.5, 0.6) is 0 Å². The van der Waals surface area contributed by atoms with Crippen LogP contribution in [0.2, 0.25) is 0 Å². The van der Waals surface area contributed by atoms with E-state index in [-0.39, 0.29) is 17.2 Å². The number of aromatic nitrogens is 3. The molecule has 0 unspecified atom stereocenters. The molecule has 5 nitrogen and oxygen atoms in total. The van der Waals surface area contributed by atoms with Gasteiger partial charge < -0.3 is 10.7 Å². The van der Waals surface area contributed by atoms with E-state index in [9.17, 15) is 9.18 Å². The van der Waals surface area contributed by atoms with Gasteiger partial charge in [0.05, 0.1) is 6.20 Å². The second-order valence-electron chi connectivity index (χ2n) is 4.42. The Kier molecular flexibility index (Phi) is 3.19. The highest BCUT2D eigenvalue weighted by molar-refractivity contribution is 5.71. The monoisotopic (exact) mass is 282 g/mol. The number of halogens is 1. The van der Waals surface area contributed by atoms with Gasteiger partial charge >= 0.3 is 0 Å². The van der Waals surface area contributed by atoms with Crippen LogP contribution in [0.4, 0.5) is 10.3 Å². The standard InChI is InChI=1S/C15H11FN4O/c16-12-8-19-15(17)20-13(12)10-4-1-3-9(7-10)11-5-2-6-18-14(11)21/h1-8H,(H,18,21)(H2,17,19,20). The van der Waals surface area contributed by atoms with E-state index in [1.54, 1.807) is 42.6 Å². The fraction of sp³-hybridized carbons (Fsp3) is 0. The summed E-state index contributed by atoms with van der Waals surface area (Å²) < 4.78 is 13.8. The molecule has 3 aromatic rings. The molecule has 6 heteroatoms. The van der Waals surface area contributed by atoms with Gasteiger partial charge in [-0.05, 0) is 23.8 Å². The molecule has 0 saturated heterocycles. The largest absolute Gasteiger partial charge is 0.368 e. The zero-order valence-corrected chi connectivity index (χ0v) is 10.9. The van der Waals surface area contributed by atoms with Crippen molar-refractivity contribution in [3.8, 4) is 22.4 Å². The molecule has 2 heterocycles. The Morgan fingerprint density at radius 3 is 2.76 bits per heavy atom. The average molecular weight is 282 g/mol. The molecule has 1 aromatic carbocycles. The molecule has 0 saturated carbocycles. The Balaban J connectivity index is 2.15. The summed E-state index contributed by atoms with van der Waals surface area (Å²) in [6, 6.07) is 10.3. The van der Waals surface area contributed by atoms with Gasteiger partial charge in [0.2, 0.25) is 5.95 Å². The maximum Gasteiger partial charge on any atom is 0.255 e. The quantitative estimate of drug-likeness (QED) is 0.754. The summed E-state index contributed by atoms with van der Waals surface area (Å²) in [4.78, 5) is 21.9. The number of hydrogen-bond acceptors (Lipinski definition) is 4. The fourth-order valence-electron chi connectivity index (χ4n) is 2.07. The molecule has 3 rings (SSSR count). The Hall–Kier alpha value is -3.02. The van der Waals surface area contributed by atoms with Gasteiger partial charge in [-0.15, -0.1) is 0 Å². The minimum absolute atomic E-state index is 0.00522. The Morgan fingerprint density at radius 2 is 1.95 bits per heavy atom. The number of nitrogen functional groups attached to an aromatic ring is 1. The summed E-state index contributed by atoms with van der Waals surface area (Å²) in [5.41, 5.74) is 7.10. The van der Waals surface area contributed by atoms with Crippen molar-refractivity contribution in [1.29, 1.82) is 0 Å². The molecule has 2 aromatic heterocycles. The van der Waals surface area contributed by atoms with E-state index in [0.717, 1.165) is 6.20 Å². The second kappa shape index (κ2) is 5.16. The van der Waals surface area contributed by atoms with Crippen molar-refractivity contribution in [3.63, 3.8) is 0 Å². The number of H-pyrrole nitrogens is 1. The smallest absolute Gasteiger partial charge is 0.255 e. The third-order valence-corrected chi connectivity index (χ3v) is 3.03. The Morgan fingerprint density at radius 1 is 1.14 bits per heavy atom. The van der Waals surface area contributed by atoms with Gasteiger partial charge in [-0.3, -0.25) is 4.79 Å². The van der Waals surface area contributed by atoms with Crippen LogP contribution in [0, 0.1) is 5.82 Å². The minimum Gasteiger partial charge on any atom is -0.368 e. The van der Waals surface area contributed by atoms with Crippen molar-refractivity contribution in [2.75, 3.05) is 5.73 Å². The Labute approximate surface area is 119 Å². The van der Waals surface area contributed by atoms with E-state index in [1.165, 1.54) is 0 Å². The van der Waals surface area contributed by atoms with Crippen LogP contribution in [0.15, 0.2) is 53.6 Å². The molecular weight excluding hydrogens is 271 g/mol. The van der Waals surface area contributed by atoms with Gasteiger partial charge in [0.1, 0.15) is 5.69 Å². The molecule has 0 fully saturated rings. The number of benzene rings is 1. The van der Waals surface area contributed by atoms with Crippen molar-refractivity contribution in [1.82, 2.24) is 15.0 Å². The highest BCUT2D eigenvalue weighted by Gasteiger charge is 2.10. The van der Waals surface area contributed by atoms with Crippen molar-refractivity contribution in [3.05, 3.63) is 65.0 Å². The normalized spacial score (nSPS) is 10.5. The fourth-order valence-corrected chi connectivity index (χ4v) is 2.07. The molecule has 0 radical (unpaired) electrons. The summed E-state index contributed by atoms with van der Waals surface area (Å²) in [5.74, 6) is -0.572.